The van der Waals surface area contributed by atoms with Crippen LogP contribution in [0, 0.1) is 13.8 Å². The molecule has 114 valence electrons. The molecule has 2 heterocycles. The zero-order chi connectivity index (χ0) is 15.0. The highest BCUT2D eigenvalue weighted by atomic mass is 32.2. The Balaban J connectivity index is 2.22. The minimum Gasteiger partial charge on any atom is -0.353 e. The molecule has 0 saturated carbocycles. The summed E-state index contributed by atoms with van der Waals surface area (Å²) in [5.41, 5.74) is 1.07. The predicted octanol–water partition coefficient (Wildman–Crippen LogP) is 0.800. The average Bonchev–Trinajstić information content (AvgIpc) is 2.78. The molecule has 1 aromatic rings. The molecule has 1 saturated heterocycles. The first kappa shape index (κ1) is 15.4. The Morgan fingerprint density at radius 2 is 1.75 bits per heavy atom. The van der Waals surface area contributed by atoms with Crippen molar-refractivity contribution in [2.45, 2.75) is 37.4 Å². The van der Waals surface area contributed by atoms with E-state index < -0.39 is 15.8 Å². The van der Waals surface area contributed by atoms with Crippen LogP contribution in [-0.2, 0) is 19.5 Å². The van der Waals surface area contributed by atoms with Crippen molar-refractivity contribution in [1.82, 2.24) is 14.5 Å². The molecule has 0 atom stereocenters. The number of H-pyrrole nitrogens is 1. The molecule has 0 radical (unpaired) electrons. The van der Waals surface area contributed by atoms with Gasteiger partial charge in [-0.3, -0.25) is 5.10 Å². The lowest BCUT2D eigenvalue weighted by atomic mass is 10.1. The number of methoxy groups -OCH3 is 2. The second-order valence-electron chi connectivity index (χ2n) is 4.99. The van der Waals surface area contributed by atoms with Crippen LogP contribution in [0.1, 0.15) is 24.2 Å². The van der Waals surface area contributed by atoms with Gasteiger partial charge >= 0.3 is 0 Å². The Bertz CT molecular complexity index is 548. The molecule has 1 aromatic heterocycles. The molecule has 0 aliphatic carbocycles. The van der Waals surface area contributed by atoms with Crippen LogP contribution in [-0.4, -0.2) is 56.0 Å². The minimum absolute atomic E-state index is 0.278. The third kappa shape index (κ3) is 2.48. The van der Waals surface area contributed by atoms with Crippen LogP contribution in [0.15, 0.2) is 4.90 Å². The smallest absolute Gasteiger partial charge is 0.246 e. The first-order valence-corrected chi connectivity index (χ1v) is 7.92. The van der Waals surface area contributed by atoms with Crippen molar-refractivity contribution in [3.8, 4) is 0 Å². The standard InChI is InChI=1S/C12H21N3O4S/c1-9-11(10(2)14-13-9)20(16,17)15-7-5-12(18-3,19-4)6-8-15/h5-8H2,1-4H3,(H,13,14). The van der Waals surface area contributed by atoms with Crippen molar-refractivity contribution >= 4 is 10.0 Å². The summed E-state index contributed by atoms with van der Waals surface area (Å²) in [7, 11) is -0.355. The fourth-order valence-electron chi connectivity index (χ4n) is 2.61. The zero-order valence-corrected chi connectivity index (χ0v) is 13.1. The summed E-state index contributed by atoms with van der Waals surface area (Å²) in [4.78, 5) is 0.278. The molecule has 20 heavy (non-hydrogen) atoms. The van der Waals surface area contributed by atoms with Crippen molar-refractivity contribution in [3.05, 3.63) is 11.4 Å². The van der Waals surface area contributed by atoms with Gasteiger partial charge in [0.25, 0.3) is 0 Å². The molecule has 1 aliphatic heterocycles. The van der Waals surface area contributed by atoms with E-state index in [1.807, 2.05) is 0 Å². The van der Waals surface area contributed by atoms with Crippen molar-refractivity contribution < 1.29 is 17.9 Å². The average molecular weight is 303 g/mol. The molecule has 8 heteroatoms. The van der Waals surface area contributed by atoms with Crippen LogP contribution < -0.4 is 0 Å². The molecular formula is C12H21N3O4S. The zero-order valence-electron chi connectivity index (χ0n) is 12.3. The minimum atomic E-state index is -3.52. The number of nitrogens with zero attached hydrogens (tertiary/aromatic N) is 2. The lowest BCUT2D eigenvalue weighted by molar-refractivity contribution is -0.224. The maximum absolute atomic E-state index is 12.7. The number of aromatic amines is 1. The number of piperidine rings is 1. The van der Waals surface area contributed by atoms with E-state index in [0.717, 1.165) is 0 Å². The van der Waals surface area contributed by atoms with E-state index >= 15 is 0 Å². The van der Waals surface area contributed by atoms with Crippen LogP contribution in [0.2, 0.25) is 0 Å². The van der Waals surface area contributed by atoms with E-state index in [1.165, 1.54) is 4.31 Å². The summed E-state index contributed by atoms with van der Waals surface area (Å²) >= 11 is 0. The molecular weight excluding hydrogens is 282 g/mol. The van der Waals surface area contributed by atoms with Gasteiger partial charge in [0.2, 0.25) is 10.0 Å². The highest BCUT2D eigenvalue weighted by molar-refractivity contribution is 7.89. The molecule has 0 amide bonds. The molecule has 7 nitrogen and oxygen atoms in total. The van der Waals surface area contributed by atoms with Crippen molar-refractivity contribution in [1.29, 1.82) is 0 Å². The fraction of sp³-hybridized carbons (Fsp3) is 0.750. The Labute approximate surface area is 119 Å². The predicted molar refractivity (Wildman–Crippen MR) is 72.8 cm³/mol. The summed E-state index contributed by atoms with van der Waals surface area (Å²) in [6, 6.07) is 0. The van der Waals surface area contributed by atoms with E-state index in [4.69, 9.17) is 9.47 Å². The first-order valence-electron chi connectivity index (χ1n) is 6.48. The first-order chi connectivity index (χ1) is 9.36. The second-order valence-corrected chi connectivity index (χ2v) is 6.86. The Morgan fingerprint density at radius 3 is 2.15 bits per heavy atom. The number of hydrogen-bond acceptors (Lipinski definition) is 5. The molecule has 1 N–H and O–H groups in total. The number of sulfonamides is 1. The lowest BCUT2D eigenvalue weighted by Crippen LogP contribution is -2.48. The summed E-state index contributed by atoms with van der Waals surface area (Å²) in [6.07, 6.45) is 1.02. The molecule has 2 rings (SSSR count). The number of hydrogen-bond donors (Lipinski definition) is 1. The van der Waals surface area contributed by atoms with Crippen molar-refractivity contribution in [2.24, 2.45) is 0 Å². The number of aromatic nitrogens is 2. The number of nitrogens with one attached hydrogen (secondary N) is 1. The largest absolute Gasteiger partial charge is 0.353 e. The maximum Gasteiger partial charge on any atom is 0.246 e. The van der Waals surface area contributed by atoms with E-state index in [-0.39, 0.29) is 4.90 Å². The van der Waals surface area contributed by atoms with Gasteiger partial charge in [-0.1, -0.05) is 0 Å². The molecule has 0 aromatic carbocycles. The Hall–Kier alpha value is -0.960. The van der Waals surface area contributed by atoms with Crippen molar-refractivity contribution in [2.75, 3.05) is 27.3 Å². The summed E-state index contributed by atoms with van der Waals surface area (Å²) in [5, 5.41) is 6.67. The monoisotopic (exact) mass is 303 g/mol. The summed E-state index contributed by atoms with van der Waals surface area (Å²) in [6.45, 7) is 4.14. The third-order valence-corrected chi connectivity index (χ3v) is 6.05. The van der Waals surface area contributed by atoms with Gasteiger partial charge in [0.1, 0.15) is 4.90 Å². The molecule has 1 aliphatic rings. The third-order valence-electron chi connectivity index (χ3n) is 3.89. The van der Waals surface area contributed by atoms with Gasteiger partial charge < -0.3 is 9.47 Å². The van der Waals surface area contributed by atoms with E-state index in [0.29, 0.717) is 37.3 Å². The quantitative estimate of drug-likeness (QED) is 0.832. The molecule has 0 spiro atoms. The number of aryl methyl sites for hydroxylation is 2. The van der Waals surface area contributed by atoms with Gasteiger partial charge in [0.05, 0.1) is 11.4 Å². The van der Waals surface area contributed by atoms with Gasteiger partial charge in [-0.05, 0) is 13.8 Å². The van der Waals surface area contributed by atoms with Gasteiger partial charge in [0, 0.05) is 40.2 Å². The van der Waals surface area contributed by atoms with E-state index in [9.17, 15) is 8.42 Å². The number of rotatable bonds is 4. The van der Waals surface area contributed by atoms with Gasteiger partial charge in [0.15, 0.2) is 5.79 Å². The highest BCUT2D eigenvalue weighted by Crippen LogP contribution is 2.30. The second kappa shape index (κ2) is 5.44. The van der Waals surface area contributed by atoms with E-state index in [2.05, 4.69) is 10.2 Å². The van der Waals surface area contributed by atoms with Crippen molar-refractivity contribution in [3.63, 3.8) is 0 Å². The molecule has 0 unspecified atom stereocenters. The van der Waals surface area contributed by atoms with Crippen LogP contribution in [0.25, 0.3) is 0 Å². The van der Waals surface area contributed by atoms with Crippen LogP contribution in [0.3, 0.4) is 0 Å². The number of ether oxygens (including phenoxy) is 2. The maximum atomic E-state index is 12.7. The van der Waals surface area contributed by atoms with Gasteiger partial charge in [-0.2, -0.15) is 9.40 Å². The topological polar surface area (TPSA) is 84.5 Å². The Kier molecular flexibility index (Phi) is 4.19. The van der Waals surface area contributed by atoms with Crippen LogP contribution >= 0.6 is 0 Å². The van der Waals surface area contributed by atoms with Crippen LogP contribution in [0.4, 0.5) is 0 Å². The van der Waals surface area contributed by atoms with Gasteiger partial charge in [-0.25, -0.2) is 8.42 Å². The molecule has 0 bridgehead atoms. The lowest BCUT2D eigenvalue weighted by Gasteiger charge is -2.38. The Morgan fingerprint density at radius 1 is 1.20 bits per heavy atom. The summed E-state index contributed by atoms with van der Waals surface area (Å²) in [5.74, 6) is -0.674. The fourth-order valence-corrected chi connectivity index (χ4v) is 4.38. The SMILES string of the molecule is COC1(OC)CCN(S(=O)(=O)c2c(C)n[nH]c2C)CC1. The van der Waals surface area contributed by atoms with Gasteiger partial charge in [-0.15, -0.1) is 0 Å². The van der Waals surface area contributed by atoms with Crippen LogP contribution in [0.5, 0.6) is 0 Å². The summed E-state index contributed by atoms with van der Waals surface area (Å²) < 4.78 is 37.5. The molecule has 1 fully saturated rings. The van der Waals surface area contributed by atoms with E-state index in [1.54, 1.807) is 28.1 Å². The highest BCUT2D eigenvalue weighted by Gasteiger charge is 2.40. The normalized spacial score (nSPS) is 20.2.